The summed E-state index contributed by atoms with van der Waals surface area (Å²) in [6.45, 7) is 9.88. The molecule has 0 aliphatic carbocycles. The zero-order valence-electron chi connectivity index (χ0n) is 23.7. The molecule has 9 heteroatoms. The number of benzene rings is 3. The van der Waals surface area contributed by atoms with Crippen LogP contribution in [0, 0.1) is 0 Å². The summed E-state index contributed by atoms with van der Waals surface area (Å²) < 4.78 is 5.47. The third kappa shape index (κ3) is 7.08. The molecule has 0 aromatic heterocycles. The van der Waals surface area contributed by atoms with Crippen molar-refractivity contribution in [1.29, 1.82) is 0 Å². The molecule has 1 saturated heterocycles. The van der Waals surface area contributed by atoms with Gasteiger partial charge in [-0.25, -0.2) is 4.79 Å². The van der Waals surface area contributed by atoms with E-state index in [4.69, 9.17) is 16.3 Å². The van der Waals surface area contributed by atoms with Crippen molar-refractivity contribution in [2.45, 2.75) is 39.7 Å². The second-order valence-electron chi connectivity index (χ2n) is 10.2. The van der Waals surface area contributed by atoms with Crippen molar-refractivity contribution in [2.24, 2.45) is 5.16 Å². The van der Waals surface area contributed by atoms with Gasteiger partial charge in [0, 0.05) is 48.2 Å². The predicted octanol–water partition coefficient (Wildman–Crippen LogP) is 6.31. The fourth-order valence-corrected chi connectivity index (χ4v) is 4.88. The van der Waals surface area contributed by atoms with Gasteiger partial charge in [0.1, 0.15) is 0 Å². The molecule has 0 spiro atoms. The molecule has 1 aliphatic rings. The SMILES string of the molecule is CCc1ccc(N(c2ccc(C(=O)/C(Cl)=N/OC(C)=O)cc2)c2ccc(C(=O)C(C)(C)N3CCOCC3)cc2)cc1. The highest BCUT2D eigenvalue weighted by Gasteiger charge is 2.36. The Morgan fingerprint density at radius 3 is 1.85 bits per heavy atom. The molecule has 4 rings (SSSR count). The number of hydrogen-bond acceptors (Lipinski definition) is 8. The molecule has 0 N–H and O–H groups in total. The molecule has 0 bridgehead atoms. The van der Waals surface area contributed by atoms with Gasteiger partial charge in [-0.2, -0.15) is 0 Å². The summed E-state index contributed by atoms with van der Waals surface area (Å²) >= 11 is 5.93. The van der Waals surface area contributed by atoms with Crippen molar-refractivity contribution < 1.29 is 24.0 Å². The Labute approximate surface area is 245 Å². The minimum Gasteiger partial charge on any atom is -0.379 e. The fraction of sp³-hybridized carbons (Fsp3) is 0.312. The van der Waals surface area contributed by atoms with Crippen LogP contribution in [0.4, 0.5) is 17.1 Å². The maximum absolute atomic E-state index is 13.5. The van der Waals surface area contributed by atoms with Gasteiger partial charge in [0.15, 0.2) is 5.78 Å². The van der Waals surface area contributed by atoms with Gasteiger partial charge in [0.2, 0.25) is 11.0 Å². The van der Waals surface area contributed by atoms with E-state index >= 15 is 0 Å². The lowest BCUT2D eigenvalue weighted by atomic mass is 9.90. The average molecular weight is 576 g/mol. The van der Waals surface area contributed by atoms with Crippen LogP contribution >= 0.6 is 11.6 Å². The van der Waals surface area contributed by atoms with Crippen LogP contribution in [0.25, 0.3) is 0 Å². The Morgan fingerprint density at radius 1 is 0.878 bits per heavy atom. The Balaban J connectivity index is 1.64. The van der Waals surface area contributed by atoms with Crippen molar-refractivity contribution in [1.82, 2.24) is 4.90 Å². The minimum absolute atomic E-state index is 0.0555. The maximum atomic E-state index is 13.5. The Bertz CT molecular complexity index is 1410. The number of hydrogen-bond donors (Lipinski definition) is 0. The standard InChI is InChI=1S/C32H34ClN3O5/c1-5-23-6-12-26(13-7-23)36(27-14-8-24(9-15-27)29(38)31(33)34-41-22(2)37)28-16-10-25(11-17-28)30(39)32(3,4)35-18-20-40-21-19-35/h6-17H,5,18-21H2,1-4H3/b34-31-. The summed E-state index contributed by atoms with van der Waals surface area (Å²) in [4.78, 5) is 45.8. The van der Waals surface area contributed by atoms with Crippen molar-refractivity contribution in [3.05, 3.63) is 89.5 Å². The van der Waals surface area contributed by atoms with Crippen LogP contribution in [-0.4, -0.2) is 59.4 Å². The number of ether oxygens (including phenoxy) is 1. The summed E-state index contributed by atoms with van der Waals surface area (Å²) in [6, 6.07) is 22.7. The van der Waals surface area contributed by atoms with Gasteiger partial charge in [-0.1, -0.05) is 35.8 Å². The van der Waals surface area contributed by atoms with E-state index in [9.17, 15) is 14.4 Å². The smallest absolute Gasteiger partial charge is 0.332 e. The second-order valence-corrected chi connectivity index (χ2v) is 10.6. The van der Waals surface area contributed by atoms with Gasteiger partial charge < -0.3 is 14.5 Å². The first-order valence-corrected chi connectivity index (χ1v) is 13.9. The first kappa shape index (κ1) is 30.1. The number of halogens is 1. The van der Waals surface area contributed by atoms with E-state index in [2.05, 4.69) is 33.9 Å². The van der Waals surface area contributed by atoms with Crippen molar-refractivity contribution in [3.63, 3.8) is 0 Å². The van der Waals surface area contributed by atoms with E-state index in [1.807, 2.05) is 55.1 Å². The van der Waals surface area contributed by atoms with E-state index in [-0.39, 0.29) is 5.78 Å². The highest BCUT2D eigenvalue weighted by molar-refractivity contribution is 6.84. The molecule has 3 aromatic carbocycles. The van der Waals surface area contributed by atoms with Crippen LogP contribution < -0.4 is 4.90 Å². The molecule has 1 fully saturated rings. The number of anilines is 3. The van der Waals surface area contributed by atoms with E-state index in [0.717, 1.165) is 36.6 Å². The molecule has 0 amide bonds. The molecular formula is C32H34ClN3O5. The lowest BCUT2D eigenvalue weighted by Gasteiger charge is -2.39. The lowest BCUT2D eigenvalue weighted by Crippen LogP contribution is -2.54. The fourth-order valence-electron chi connectivity index (χ4n) is 4.74. The van der Waals surface area contributed by atoms with Gasteiger partial charge in [-0.3, -0.25) is 14.5 Å². The van der Waals surface area contributed by atoms with Crippen molar-refractivity contribution in [3.8, 4) is 0 Å². The van der Waals surface area contributed by atoms with E-state index in [1.165, 1.54) is 12.5 Å². The number of carbonyl (C=O) groups excluding carboxylic acids is 3. The number of aryl methyl sites for hydroxylation is 1. The normalized spacial score (nSPS) is 14.4. The number of ketones is 2. The molecule has 0 atom stereocenters. The minimum atomic E-state index is -0.673. The van der Waals surface area contributed by atoms with Gasteiger partial charge >= 0.3 is 5.97 Å². The van der Waals surface area contributed by atoms with Crippen LogP contribution in [-0.2, 0) is 20.8 Å². The average Bonchev–Trinajstić information content (AvgIpc) is 3.00. The topological polar surface area (TPSA) is 88.5 Å². The summed E-state index contributed by atoms with van der Waals surface area (Å²) in [6.07, 6.45) is 0.919. The van der Waals surface area contributed by atoms with E-state index in [0.29, 0.717) is 24.3 Å². The summed E-state index contributed by atoms with van der Waals surface area (Å²) in [5.74, 6) is -1.18. The van der Waals surface area contributed by atoms with Crippen LogP contribution in [0.15, 0.2) is 78.0 Å². The lowest BCUT2D eigenvalue weighted by molar-refractivity contribution is -0.140. The van der Waals surface area contributed by atoms with E-state index < -0.39 is 22.5 Å². The highest BCUT2D eigenvalue weighted by Crippen LogP contribution is 2.35. The van der Waals surface area contributed by atoms with Crippen LogP contribution in [0.2, 0.25) is 0 Å². The highest BCUT2D eigenvalue weighted by atomic mass is 35.5. The molecule has 41 heavy (non-hydrogen) atoms. The molecular weight excluding hydrogens is 542 g/mol. The molecule has 8 nitrogen and oxygen atoms in total. The monoisotopic (exact) mass is 575 g/mol. The quantitative estimate of drug-likeness (QED) is 0.121. The van der Waals surface area contributed by atoms with Gasteiger partial charge in [0.25, 0.3) is 0 Å². The number of Topliss-reactive ketones (excluding diaryl/α,β-unsaturated/α-hetero) is 2. The Kier molecular flexibility index (Phi) is 9.70. The molecule has 214 valence electrons. The number of oxime groups is 1. The summed E-state index contributed by atoms with van der Waals surface area (Å²) in [5.41, 5.74) is 4.06. The Hall–Kier alpha value is -3.85. The molecule has 0 saturated carbocycles. The van der Waals surface area contributed by atoms with Gasteiger partial charge in [-0.05, 0) is 86.5 Å². The molecule has 3 aromatic rings. The van der Waals surface area contributed by atoms with Crippen molar-refractivity contribution in [2.75, 3.05) is 31.2 Å². The first-order valence-electron chi connectivity index (χ1n) is 13.5. The molecule has 0 radical (unpaired) electrons. The molecule has 1 aliphatic heterocycles. The molecule has 1 heterocycles. The van der Waals surface area contributed by atoms with Crippen LogP contribution in [0.1, 0.15) is 54.0 Å². The zero-order valence-corrected chi connectivity index (χ0v) is 24.5. The summed E-state index contributed by atoms with van der Waals surface area (Å²) in [7, 11) is 0. The second kappa shape index (κ2) is 13.2. The van der Waals surface area contributed by atoms with E-state index in [1.54, 1.807) is 24.3 Å². The maximum Gasteiger partial charge on any atom is 0.332 e. The third-order valence-corrected chi connectivity index (χ3v) is 7.42. The first-order chi connectivity index (χ1) is 19.6. The number of carbonyl (C=O) groups is 3. The number of nitrogens with zero attached hydrogens (tertiary/aromatic N) is 3. The number of morpholine rings is 1. The third-order valence-electron chi connectivity index (χ3n) is 7.18. The van der Waals surface area contributed by atoms with Crippen molar-refractivity contribution >= 4 is 51.4 Å². The Morgan fingerprint density at radius 2 is 1.37 bits per heavy atom. The number of rotatable bonds is 10. The largest absolute Gasteiger partial charge is 0.379 e. The molecule has 0 unspecified atom stereocenters. The van der Waals surface area contributed by atoms with Crippen LogP contribution in [0.5, 0.6) is 0 Å². The van der Waals surface area contributed by atoms with Gasteiger partial charge in [-0.15, -0.1) is 0 Å². The predicted molar refractivity (Wildman–Crippen MR) is 161 cm³/mol. The zero-order chi connectivity index (χ0) is 29.6. The summed E-state index contributed by atoms with van der Waals surface area (Å²) in [5, 5.41) is 2.93. The van der Waals surface area contributed by atoms with Crippen LogP contribution in [0.3, 0.4) is 0 Å². The van der Waals surface area contributed by atoms with Gasteiger partial charge in [0.05, 0.1) is 18.8 Å².